The Kier molecular flexibility index (Phi) is 11.3. The van der Waals surface area contributed by atoms with E-state index in [1.54, 1.807) is 31.5 Å². The second-order valence-corrected chi connectivity index (χ2v) is 6.72. The van der Waals surface area contributed by atoms with Gasteiger partial charge in [0.05, 0.1) is 30.7 Å². The molecule has 1 aromatic heterocycles. The van der Waals surface area contributed by atoms with Crippen LogP contribution in [0, 0.1) is 0 Å². The Labute approximate surface area is 183 Å². The van der Waals surface area contributed by atoms with Crippen molar-refractivity contribution in [1.82, 2.24) is 20.5 Å². The molecule has 0 aromatic carbocycles. The van der Waals surface area contributed by atoms with Gasteiger partial charge in [-0.2, -0.15) is 0 Å². The van der Waals surface area contributed by atoms with Crippen LogP contribution in [-0.4, -0.2) is 84.9 Å². The van der Waals surface area contributed by atoms with Crippen molar-refractivity contribution >= 4 is 41.5 Å². The molecule has 1 aliphatic rings. The topological polar surface area (TPSA) is 111 Å². The Morgan fingerprint density at radius 2 is 2.14 bits per heavy atom. The third-order valence-electron chi connectivity index (χ3n) is 3.97. The highest BCUT2D eigenvalue weighted by Gasteiger charge is 2.25. The van der Waals surface area contributed by atoms with Crippen LogP contribution in [0.1, 0.15) is 13.8 Å². The minimum atomic E-state index is -0.925. The molecule has 0 saturated carbocycles. The van der Waals surface area contributed by atoms with E-state index in [1.165, 1.54) is 0 Å². The largest absolute Gasteiger partial charge is 0.387 e. The number of pyridine rings is 1. The lowest BCUT2D eigenvalue weighted by Gasteiger charge is -2.34. The summed E-state index contributed by atoms with van der Waals surface area (Å²) in [6.07, 6.45) is 3.22. The number of carbonyl (C=O) groups excluding carboxylic acids is 1. The molecule has 0 radical (unpaired) electrons. The highest BCUT2D eigenvalue weighted by atomic mass is 127. The smallest absolute Gasteiger partial charge is 0.246 e. The molecule has 9 nitrogen and oxygen atoms in total. The summed E-state index contributed by atoms with van der Waals surface area (Å²) >= 11 is 0. The first-order valence-corrected chi connectivity index (χ1v) is 9.23. The van der Waals surface area contributed by atoms with Crippen LogP contribution >= 0.6 is 24.0 Å². The highest BCUT2D eigenvalue weighted by molar-refractivity contribution is 14.0. The molecule has 1 amide bonds. The van der Waals surface area contributed by atoms with Crippen molar-refractivity contribution in [3.05, 3.63) is 24.5 Å². The summed E-state index contributed by atoms with van der Waals surface area (Å²) < 4.78 is 5.33. The van der Waals surface area contributed by atoms with E-state index >= 15 is 0 Å². The lowest BCUT2D eigenvalue weighted by Crippen LogP contribution is -2.53. The third kappa shape index (κ3) is 9.62. The number of morpholine rings is 1. The molecular formula is C18H31IN6O3. The van der Waals surface area contributed by atoms with E-state index in [9.17, 15) is 9.90 Å². The molecule has 0 spiro atoms. The van der Waals surface area contributed by atoms with Gasteiger partial charge in [-0.05, 0) is 26.0 Å². The van der Waals surface area contributed by atoms with Gasteiger partial charge in [-0.1, -0.05) is 0 Å². The van der Waals surface area contributed by atoms with Gasteiger partial charge < -0.3 is 25.8 Å². The van der Waals surface area contributed by atoms with E-state index < -0.39 is 5.60 Å². The normalized spacial score (nSPS) is 17.2. The average Bonchev–Trinajstić information content (AvgIpc) is 2.65. The molecule has 2 rings (SSSR count). The van der Waals surface area contributed by atoms with Crippen molar-refractivity contribution in [3.63, 3.8) is 0 Å². The van der Waals surface area contributed by atoms with Crippen LogP contribution in [0.5, 0.6) is 0 Å². The van der Waals surface area contributed by atoms with Crippen LogP contribution in [-0.2, 0) is 9.53 Å². The Hall–Kier alpha value is -1.50. The van der Waals surface area contributed by atoms with E-state index in [1.807, 2.05) is 6.92 Å². The third-order valence-corrected chi connectivity index (χ3v) is 3.97. The fraction of sp³-hybridized carbons (Fsp3) is 0.611. The quantitative estimate of drug-likeness (QED) is 0.228. The summed E-state index contributed by atoms with van der Waals surface area (Å²) in [5.41, 5.74) is -0.296. The van der Waals surface area contributed by atoms with Crippen molar-refractivity contribution in [2.45, 2.75) is 19.4 Å². The lowest BCUT2D eigenvalue weighted by molar-refractivity contribution is -0.114. The van der Waals surface area contributed by atoms with Gasteiger partial charge in [0, 0.05) is 38.9 Å². The maximum absolute atomic E-state index is 12.0. The van der Waals surface area contributed by atoms with Crippen LogP contribution in [0.2, 0.25) is 0 Å². The monoisotopic (exact) mass is 506 g/mol. The zero-order valence-electron chi connectivity index (χ0n) is 16.5. The van der Waals surface area contributed by atoms with Gasteiger partial charge >= 0.3 is 0 Å². The van der Waals surface area contributed by atoms with Gasteiger partial charge in [-0.25, -0.2) is 4.99 Å². The molecule has 1 aliphatic heterocycles. The first-order valence-electron chi connectivity index (χ1n) is 9.23. The molecule has 1 atom stereocenters. The number of nitrogens with one attached hydrogen (secondary N) is 3. The number of guanidine groups is 1. The van der Waals surface area contributed by atoms with Crippen molar-refractivity contribution in [2.75, 3.05) is 57.8 Å². The SMILES string of the molecule is CCNC(=NCC(=O)Nc1cccnc1)NCC(C)(O)CN1CCOCC1.I. The molecule has 158 valence electrons. The van der Waals surface area contributed by atoms with Gasteiger partial charge in [-0.15, -0.1) is 24.0 Å². The summed E-state index contributed by atoms with van der Waals surface area (Å²) in [5.74, 6) is 0.251. The number of rotatable bonds is 8. The number of carbonyl (C=O) groups is 1. The molecule has 1 aromatic rings. The van der Waals surface area contributed by atoms with Gasteiger partial charge in [0.15, 0.2) is 5.96 Å². The number of nitrogens with zero attached hydrogens (tertiary/aromatic N) is 3. The van der Waals surface area contributed by atoms with E-state index in [0.29, 0.717) is 44.5 Å². The Morgan fingerprint density at radius 1 is 1.39 bits per heavy atom. The van der Waals surface area contributed by atoms with Gasteiger partial charge in [0.1, 0.15) is 6.54 Å². The van der Waals surface area contributed by atoms with Crippen LogP contribution in [0.25, 0.3) is 0 Å². The van der Waals surface area contributed by atoms with Crippen molar-refractivity contribution < 1.29 is 14.6 Å². The summed E-state index contributed by atoms with van der Waals surface area (Å²) in [5, 5.41) is 19.6. The van der Waals surface area contributed by atoms with Gasteiger partial charge in [0.25, 0.3) is 0 Å². The summed E-state index contributed by atoms with van der Waals surface area (Å²) in [4.78, 5) is 22.4. The number of aliphatic imine (C=N–C) groups is 1. The van der Waals surface area contributed by atoms with E-state index in [4.69, 9.17) is 4.74 Å². The highest BCUT2D eigenvalue weighted by Crippen LogP contribution is 2.07. The van der Waals surface area contributed by atoms with Crippen molar-refractivity contribution in [1.29, 1.82) is 0 Å². The number of hydrogen-bond donors (Lipinski definition) is 4. The fourth-order valence-corrected chi connectivity index (χ4v) is 2.70. The second-order valence-electron chi connectivity index (χ2n) is 6.72. The average molecular weight is 506 g/mol. The Morgan fingerprint density at radius 3 is 2.79 bits per heavy atom. The molecule has 1 unspecified atom stereocenters. The first kappa shape index (κ1) is 24.5. The van der Waals surface area contributed by atoms with Crippen LogP contribution in [0.3, 0.4) is 0 Å². The number of aliphatic hydroxyl groups is 1. The summed E-state index contributed by atoms with van der Waals surface area (Å²) in [6, 6.07) is 3.52. The number of ether oxygens (including phenoxy) is 1. The second kappa shape index (κ2) is 12.9. The standard InChI is InChI=1S/C18H30N6O3.HI/c1-3-20-17(21-12-16(25)23-15-5-4-6-19-11-15)22-13-18(2,26)14-24-7-9-27-10-8-24;/h4-6,11,26H,3,7-10,12-14H2,1-2H3,(H,23,25)(H2,20,21,22);1H. The summed E-state index contributed by atoms with van der Waals surface area (Å²) in [6.45, 7) is 8.24. The van der Waals surface area contributed by atoms with Crippen LogP contribution < -0.4 is 16.0 Å². The van der Waals surface area contributed by atoms with Crippen molar-refractivity contribution in [3.8, 4) is 0 Å². The maximum Gasteiger partial charge on any atom is 0.246 e. The first-order chi connectivity index (χ1) is 13.0. The number of aromatic nitrogens is 1. The molecule has 1 saturated heterocycles. The van der Waals surface area contributed by atoms with E-state index in [0.717, 1.165) is 13.1 Å². The number of amides is 1. The number of anilines is 1. The molecule has 4 N–H and O–H groups in total. The predicted molar refractivity (Wildman–Crippen MR) is 120 cm³/mol. The number of β-amino-alcohol motifs (C(OH)–C–C–N with tert-alkyl or cyclic N) is 1. The number of hydrogen-bond acceptors (Lipinski definition) is 6. The minimum Gasteiger partial charge on any atom is -0.387 e. The molecule has 10 heteroatoms. The molecule has 28 heavy (non-hydrogen) atoms. The summed E-state index contributed by atoms with van der Waals surface area (Å²) in [7, 11) is 0. The Bertz CT molecular complexity index is 609. The van der Waals surface area contributed by atoms with Crippen LogP contribution in [0.4, 0.5) is 5.69 Å². The molecule has 2 heterocycles. The zero-order valence-corrected chi connectivity index (χ0v) is 18.8. The number of halogens is 1. The molecular weight excluding hydrogens is 475 g/mol. The zero-order chi connectivity index (χ0) is 19.5. The van der Waals surface area contributed by atoms with E-state index in [2.05, 4.69) is 30.8 Å². The molecule has 1 fully saturated rings. The predicted octanol–water partition coefficient (Wildman–Crippen LogP) is 0.276. The van der Waals surface area contributed by atoms with Gasteiger partial charge in [-0.3, -0.25) is 14.7 Å². The molecule has 0 bridgehead atoms. The maximum atomic E-state index is 12.0. The lowest BCUT2D eigenvalue weighted by atomic mass is 10.1. The van der Waals surface area contributed by atoms with E-state index in [-0.39, 0.29) is 36.4 Å². The molecule has 0 aliphatic carbocycles. The van der Waals surface area contributed by atoms with Crippen molar-refractivity contribution in [2.24, 2.45) is 4.99 Å². The van der Waals surface area contributed by atoms with Crippen LogP contribution in [0.15, 0.2) is 29.5 Å². The van der Waals surface area contributed by atoms with Gasteiger partial charge in [0.2, 0.25) is 5.91 Å². The Balaban J connectivity index is 0.00000392. The minimum absolute atomic E-state index is 0. The fourth-order valence-electron chi connectivity index (χ4n) is 2.70.